The van der Waals surface area contributed by atoms with E-state index >= 15 is 0 Å². The fraction of sp³-hybridized carbons (Fsp3) is 0.500. The highest BCUT2D eigenvalue weighted by Gasteiger charge is 2.56. The lowest BCUT2D eigenvalue weighted by Crippen LogP contribution is -2.47. The van der Waals surface area contributed by atoms with Crippen molar-refractivity contribution in [3.63, 3.8) is 0 Å². The van der Waals surface area contributed by atoms with Crippen LogP contribution in [0.4, 0.5) is 0 Å². The summed E-state index contributed by atoms with van der Waals surface area (Å²) in [6, 6.07) is 7.41. The predicted octanol–water partition coefficient (Wildman–Crippen LogP) is 2.90. The average molecular weight is 412 g/mol. The summed E-state index contributed by atoms with van der Waals surface area (Å²) < 4.78 is 21.5. The molecule has 0 spiro atoms. The molecule has 1 atom stereocenters. The van der Waals surface area contributed by atoms with Crippen LogP contribution < -0.4 is 9.47 Å². The Bertz CT molecular complexity index is 980. The molecule has 5 rings (SSSR count). The van der Waals surface area contributed by atoms with Crippen LogP contribution in [0.25, 0.3) is 11.3 Å². The molecule has 1 aromatic heterocycles. The molecule has 2 aromatic rings. The lowest BCUT2D eigenvalue weighted by Gasteiger charge is -2.33. The van der Waals surface area contributed by atoms with Gasteiger partial charge in [-0.2, -0.15) is 0 Å². The second kappa shape index (κ2) is 7.34. The van der Waals surface area contributed by atoms with Gasteiger partial charge in [0.15, 0.2) is 17.3 Å². The minimum atomic E-state index is -0.644. The predicted molar refractivity (Wildman–Crippen MR) is 105 cm³/mol. The van der Waals surface area contributed by atoms with E-state index in [1.807, 2.05) is 24.3 Å². The zero-order valence-electron chi connectivity index (χ0n) is 16.9. The highest BCUT2D eigenvalue weighted by molar-refractivity contribution is 5.91. The van der Waals surface area contributed by atoms with Gasteiger partial charge in [0.1, 0.15) is 0 Å². The topological polar surface area (TPSA) is 91.1 Å². The van der Waals surface area contributed by atoms with Crippen LogP contribution in [0.5, 0.6) is 11.5 Å². The lowest BCUT2D eigenvalue weighted by molar-refractivity contribution is -0.151. The first-order valence-corrected chi connectivity index (χ1v) is 10.4. The average Bonchev–Trinajstić information content (AvgIpc) is 3.20. The normalized spacial score (nSPS) is 21.4. The van der Waals surface area contributed by atoms with E-state index in [0.717, 1.165) is 31.2 Å². The second-order valence-electron chi connectivity index (χ2n) is 8.07. The number of piperidine rings is 1. The number of amides is 1. The van der Waals surface area contributed by atoms with Crippen molar-refractivity contribution >= 4 is 11.9 Å². The van der Waals surface area contributed by atoms with Crippen LogP contribution >= 0.6 is 0 Å². The zero-order chi connectivity index (χ0) is 20.7. The minimum Gasteiger partial charge on any atom is -0.466 e. The molecule has 0 bridgehead atoms. The van der Waals surface area contributed by atoms with Crippen molar-refractivity contribution in [2.24, 2.45) is 5.92 Å². The third-order valence-corrected chi connectivity index (χ3v) is 6.15. The van der Waals surface area contributed by atoms with E-state index < -0.39 is 5.41 Å². The van der Waals surface area contributed by atoms with Gasteiger partial charge in [0.2, 0.25) is 12.7 Å². The van der Waals surface area contributed by atoms with Crippen LogP contribution in [-0.2, 0) is 19.7 Å². The van der Waals surface area contributed by atoms with Crippen molar-refractivity contribution in [3.8, 4) is 22.8 Å². The van der Waals surface area contributed by atoms with E-state index in [-0.39, 0.29) is 24.6 Å². The lowest BCUT2D eigenvalue weighted by atomic mass is 9.94. The van der Waals surface area contributed by atoms with E-state index in [1.165, 1.54) is 0 Å². The first-order chi connectivity index (χ1) is 14.6. The summed E-state index contributed by atoms with van der Waals surface area (Å²) in [5.41, 5.74) is 0.828. The van der Waals surface area contributed by atoms with Crippen molar-refractivity contribution < 1.29 is 28.3 Å². The number of carbonyl (C=O) groups excluding carboxylic acids is 2. The number of nitrogens with zero attached hydrogens (tertiary/aromatic N) is 2. The molecule has 1 saturated heterocycles. The molecule has 1 saturated carbocycles. The van der Waals surface area contributed by atoms with Gasteiger partial charge in [-0.05, 0) is 50.8 Å². The van der Waals surface area contributed by atoms with E-state index in [9.17, 15) is 9.59 Å². The summed E-state index contributed by atoms with van der Waals surface area (Å²) >= 11 is 0. The Morgan fingerprint density at radius 1 is 1.23 bits per heavy atom. The van der Waals surface area contributed by atoms with Crippen molar-refractivity contribution in [3.05, 3.63) is 30.0 Å². The summed E-state index contributed by atoms with van der Waals surface area (Å²) in [6.07, 6.45) is 3.03. The van der Waals surface area contributed by atoms with Gasteiger partial charge in [0, 0.05) is 24.7 Å². The smallest absolute Gasteiger partial charge is 0.310 e. The molecule has 0 N–H and O–H groups in total. The fourth-order valence-corrected chi connectivity index (χ4v) is 4.31. The van der Waals surface area contributed by atoms with Gasteiger partial charge >= 0.3 is 5.97 Å². The molecule has 158 valence electrons. The standard InChI is InChI=1S/C22H24N2O6/c1-2-27-20(25)15-4-3-9-24(12-15)21(26)22(7-8-22)19-11-17(30-23-19)14-5-6-16-18(10-14)29-13-28-16/h5-6,10-11,15H,2-4,7-9,12-13H2,1H3. The molecule has 1 aliphatic carbocycles. The number of carbonyl (C=O) groups is 2. The van der Waals surface area contributed by atoms with Crippen molar-refractivity contribution in [1.82, 2.24) is 10.1 Å². The van der Waals surface area contributed by atoms with Gasteiger partial charge in [-0.15, -0.1) is 0 Å². The van der Waals surface area contributed by atoms with Crippen LogP contribution in [0, 0.1) is 5.92 Å². The van der Waals surface area contributed by atoms with Gasteiger partial charge in [-0.25, -0.2) is 0 Å². The van der Waals surface area contributed by atoms with E-state index in [4.69, 9.17) is 18.7 Å². The van der Waals surface area contributed by atoms with Crippen LogP contribution in [0.2, 0.25) is 0 Å². The third kappa shape index (κ3) is 3.20. The molecule has 8 nitrogen and oxygen atoms in total. The van der Waals surface area contributed by atoms with Crippen molar-refractivity contribution in [2.45, 2.75) is 38.0 Å². The number of fused-ring (bicyclic) bond motifs is 1. The Labute approximate surface area is 174 Å². The number of benzene rings is 1. The van der Waals surface area contributed by atoms with Crippen LogP contribution in [0.3, 0.4) is 0 Å². The molecule has 1 aromatic carbocycles. The maximum absolute atomic E-state index is 13.4. The SMILES string of the molecule is CCOC(=O)C1CCCN(C(=O)C2(c3cc(-c4ccc5c(c4)OCO5)on3)CC2)C1. The molecule has 8 heteroatoms. The van der Waals surface area contributed by atoms with Crippen molar-refractivity contribution in [1.29, 1.82) is 0 Å². The fourth-order valence-electron chi connectivity index (χ4n) is 4.31. The first-order valence-electron chi connectivity index (χ1n) is 10.4. The van der Waals surface area contributed by atoms with Gasteiger partial charge in [0.25, 0.3) is 0 Å². The molecule has 30 heavy (non-hydrogen) atoms. The maximum Gasteiger partial charge on any atom is 0.310 e. The summed E-state index contributed by atoms with van der Waals surface area (Å²) in [5.74, 6) is 1.52. The molecular formula is C22H24N2O6. The van der Waals surface area contributed by atoms with E-state index in [2.05, 4.69) is 5.16 Å². The first kappa shape index (κ1) is 19.0. The molecule has 0 radical (unpaired) electrons. The number of hydrogen-bond acceptors (Lipinski definition) is 7. The monoisotopic (exact) mass is 412 g/mol. The van der Waals surface area contributed by atoms with Gasteiger partial charge in [0.05, 0.1) is 23.6 Å². The number of hydrogen-bond donors (Lipinski definition) is 0. The molecule has 1 amide bonds. The largest absolute Gasteiger partial charge is 0.466 e. The molecule has 2 aliphatic heterocycles. The van der Waals surface area contributed by atoms with Crippen LogP contribution in [0.1, 0.15) is 38.3 Å². The Balaban J connectivity index is 1.33. The number of esters is 1. The summed E-state index contributed by atoms with van der Waals surface area (Å²) in [4.78, 5) is 27.3. The molecular weight excluding hydrogens is 388 g/mol. The number of likely N-dealkylation sites (tertiary alicyclic amines) is 1. The highest BCUT2D eigenvalue weighted by atomic mass is 16.7. The second-order valence-corrected chi connectivity index (χ2v) is 8.07. The van der Waals surface area contributed by atoms with E-state index in [0.29, 0.717) is 42.6 Å². The Kier molecular flexibility index (Phi) is 4.64. The summed E-state index contributed by atoms with van der Waals surface area (Å²) in [5, 5.41) is 4.23. The minimum absolute atomic E-state index is 0.0297. The van der Waals surface area contributed by atoms with Gasteiger partial charge in [-0.1, -0.05) is 5.16 Å². The molecule has 3 aliphatic rings. The Morgan fingerprint density at radius 3 is 2.87 bits per heavy atom. The zero-order valence-corrected chi connectivity index (χ0v) is 16.9. The van der Waals surface area contributed by atoms with Crippen molar-refractivity contribution in [2.75, 3.05) is 26.5 Å². The van der Waals surface area contributed by atoms with Gasteiger partial charge < -0.3 is 23.6 Å². The third-order valence-electron chi connectivity index (χ3n) is 6.15. The Morgan fingerprint density at radius 2 is 2.07 bits per heavy atom. The molecule has 2 fully saturated rings. The number of ether oxygens (including phenoxy) is 3. The highest BCUT2D eigenvalue weighted by Crippen LogP contribution is 2.50. The number of aromatic nitrogens is 1. The number of rotatable bonds is 5. The van der Waals surface area contributed by atoms with Crippen LogP contribution in [0.15, 0.2) is 28.8 Å². The van der Waals surface area contributed by atoms with E-state index in [1.54, 1.807) is 11.8 Å². The van der Waals surface area contributed by atoms with Gasteiger partial charge in [-0.3, -0.25) is 9.59 Å². The van der Waals surface area contributed by atoms with Crippen LogP contribution in [-0.4, -0.2) is 48.4 Å². The molecule has 3 heterocycles. The Hall–Kier alpha value is -3.03. The molecule has 1 unspecified atom stereocenters. The maximum atomic E-state index is 13.4. The summed E-state index contributed by atoms with van der Waals surface area (Å²) in [7, 11) is 0. The summed E-state index contributed by atoms with van der Waals surface area (Å²) in [6.45, 7) is 3.43. The quantitative estimate of drug-likeness (QED) is 0.698.